The van der Waals surface area contributed by atoms with Crippen LogP contribution in [0.5, 0.6) is 0 Å². The van der Waals surface area contributed by atoms with Crippen LogP contribution < -0.4 is 11.1 Å². The number of hydrogen-bond acceptors (Lipinski definition) is 4. The fourth-order valence-electron chi connectivity index (χ4n) is 2.37. The summed E-state index contributed by atoms with van der Waals surface area (Å²) in [4.78, 5) is 14.2. The zero-order valence-corrected chi connectivity index (χ0v) is 12.3. The summed E-state index contributed by atoms with van der Waals surface area (Å²) in [6.45, 7) is 0.625. The monoisotopic (exact) mass is 295 g/mol. The van der Waals surface area contributed by atoms with Gasteiger partial charge in [-0.3, -0.25) is 4.79 Å². The number of oxime groups is 1. The maximum absolute atomic E-state index is 12.0. The van der Waals surface area contributed by atoms with Gasteiger partial charge in [0.1, 0.15) is 5.84 Å². The van der Waals surface area contributed by atoms with Crippen molar-refractivity contribution in [1.29, 1.82) is 0 Å². The van der Waals surface area contributed by atoms with Crippen molar-refractivity contribution in [3.63, 3.8) is 0 Å². The first-order valence-electron chi connectivity index (χ1n) is 7.07. The Kier molecular flexibility index (Phi) is 5.40. The van der Waals surface area contributed by atoms with Crippen LogP contribution in [0.2, 0.25) is 0 Å². The van der Waals surface area contributed by atoms with Crippen LogP contribution in [0.3, 0.4) is 0 Å². The van der Waals surface area contributed by atoms with Gasteiger partial charge < -0.3 is 16.3 Å². The van der Waals surface area contributed by atoms with Crippen LogP contribution >= 0.6 is 11.3 Å². The predicted molar refractivity (Wildman–Crippen MR) is 80.6 cm³/mol. The first-order chi connectivity index (χ1) is 9.70. The fraction of sp³-hybridized carbons (Fsp3) is 0.571. The molecule has 1 amide bonds. The molecule has 0 aliphatic heterocycles. The quantitative estimate of drug-likeness (QED) is 0.247. The average molecular weight is 295 g/mol. The molecule has 110 valence electrons. The number of thiophene rings is 1. The van der Waals surface area contributed by atoms with Gasteiger partial charge in [-0.05, 0) is 50.2 Å². The molecule has 1 aliphatic carbocycles. The standard InChI is InChI=1S/C14H21N3O2S/c15-13(17-19)7-3-4-8-16-14(18)12-9-10-5-1-2-6-11(10)20-12/h9,19H,1-8H2,(H2,15,17)(H,16,18). The summed E-state index contributed by atoms with van der Waals surface area (Å²) in [5.74, 6) is 0.260. The molecule has 1 heterocycles. The van der Waals surface area contributed by atoms with Crippen LogP contribution in [0.25, 0.3) is 0 Å². The van der Waals surface area contributed by atoms with Gasteiger partial charge in [0.25, 0.3) is 5.91 Å². The van der Waals surface area contributed by atoms with E-state index in [0.717, 1.165) is 30.6 Å². The van der Waals surface area contributed by atoms with Gasteiger partial charge in [0.05, 0.1) is 4.88 Å². The van der Waals surface area contributed by atoms with Crippen molar-refractivity contribution in [2.24, 2.45) is 10.9 Å². The van der Waals surface area contributed by atoms with E-state index in [1.54, 1.807) is 11.3 Å². The van der Waals surface area contributed by atoms with E-state index in [9.17, 15) is 4.79 Å². The van der Waals surface area contributed by atoms with Crippen molar-refractivity contribution in [2.45, 2.75) is 44.9 Å². The lowest BCUT2D eigenvalue weighted by molar-refractivity contribution is 0.0957. The van der Waals surface area contributed by atoms with E-state index in [4.69, 9.17) is 10.9 Å². The summed E-state index contributed by atoms with van der Waals surface area (Å²) in [5.41, 5.74) is 6.74. The van der Waals surface area contributed by atoms with Gasteiger partial charge in [-0.1, -0.05) is 5.16 Å². The molecule has 0 bridgehead atoms. The molecule has 0 unspecified atom stereocenters. The maximum atomic E-state index is 12.0. The molecule has 2 rings (SSSR count). The lowest BCUT2D eigenvalue weighted by atomic mass is 9.99. The molecule has 6 heteroatoms. The molecule has 0 fully saturated rings. The third-order valence-corrected chi connectivity index (χ3v) is 4.73. The minimum Gasteiger partial charge on any atom is -0.409 e. The molecule has 0 spiro atoms. The number of aryl methyl sites for hydroxylation is 2. The van der Waals surface area contributed by atoms with E-state index in [2.05, 4.69) is 10.5 Å². The second kappa shape index (κ2) is 7.28. The minimum atomic E-state index is 0.0215. The van der Waals surface area contributed by atoms with Crippen LogP contribution in [0.1, 0.15) is 52.2 Å². The number of amidine groups is 1. The molecule has 0 aromatic carbocycles. The van der Waals surface area contributed by atoms with Crippen molar-refractivity contribution in [2.75, 3.05) is 6.54 Å². The van der Waals surface area contributed by atoms with Gasteiger partial charge in [0.15, 0.2) is 0 Å². The number of nitrogens with one attached hydrogen (secondary N) is 1. The Balaban J connectivity index is 1.73. The molecule has 4 N–H and O–H groups in total. The Labute approximate surface area is 122 Å². The highest BCUT2D eigenvalue weighted by atomic mass is 32.1. The Hall–Kier alpha value is -1.56. The number of carbonyl (C=O) groups is 1. The molecule has 0 saturated carbocycles. The molecule has 1 aliphatic rings. The number of nitrogens with zero attached hydrogens (tertiary/aromatic N) is 1. The zero-order valence-electron chi connectivity index (χ0n) is 11.5. The van der Waals surface area contributed by atoms with E-state index in [1.165, 1.54) is 23.3 Å². The summed E-state index contributed by atoms with van der Waals surface area (Å²) in [6, 6.07) is 2.05. The Bertz CT molecular complexity index is 473. The normalized spacial score (nSPS) is 14.9. The summed E-state index contributed by atoms with van der Waals surface area (Å²) in [6.07, 6.45) is 6.89. The Morgan fingerprint density at radius 3 is 2.95 bits per heavy atom. The lowest BCUT2D eigenvalue weighted by Crippen LogP contribution is -2.23. The highest BCUT2D eigenvalue weighted by molar-refractivity contribution is 7.14. The summed E-state index contributed by atoms with van der Waals surface area (Å²) >= 11 is 1.63. The smallest absolute Gasteiger partial charge is 0.261 e. The number of hydrogen-bond donors (Lipinski definition) is 3. The van der Waals surface area contributed by atoms with Crippen molar-refractivity contribution < 1.29 is 10.0 Å². The highest BCUT2D eigenvalue weighted by Gasteiger charge is 2.16. The molecule has 0 radical (unpaired) electrons. The third kappa shape index (κ3) is 3.96. The fourth-order valence-corrected chi connectivity index (χ4v) is 3.54. The number of nitrogens with two attached hydrogens (primary N) is 1. The van der Waals surface area contributed by atoms with Crippen LogP contribution in [0.15, 0.2) is 11.2 Å². The van der Waals surface area contributed by atoms with Gasteiger partial charge in [-0.15, -0.1) is 11.3 Å². The molecule has 0 saturated heterocycles. The molecule has 5 nitrogen and oxygen atoms in total. The molecular weight excluding hydrogens is 274 g/mol. The first-order valence-corrected chi connectivity index (χ1v) is 7.88. The van der Waals surface area contributed by atoms with Crippen molar-refractivity contribution in [3.05, 3.63) is 21.4 Å². The van der Waals surface area contributed by atoms with E-state index < -0.39 is 0 Å². The van der Waals surface area contributed by atoms with Crippen molar-refractivity contribution >= 4 is 23.1 Å². The van der Waals surface area contributed by atoms with Gasteiger partial charge in [0.2, 0.25) is 0 Å². The second-order valence-corrected chi connectivity index (χ2v) is 6.21. The van der Waals surface area contributed by atoms with E-state index >= 15 is 0 Å². The van der Waals surface area contributed by atoms with Gasteiger partial charge in [-0.25, -0.2) is 0 Å². The summed E-state index contributed by atoms with van der Waals surface area (Å²) in [5, 5.41) is 14.2. The number of carbonyl (C=O) groups excluding carboxylic acids is 1. The maximum Gasteiger partial charge on any atom is 0.261 e. The van der Waals surface area contributed by atoms with E-state index in [-0.39, 0.29) is 11.7 Å². The molecule has 0 atom stereocenters. The average Bonchev–Trinajstić information content (AvgIpc) is 2.90. The SMILES string of the molecule is NC(CCCCNC(=O)c1cc2c(s1)CCCC2)=NO. The number of rotatable bonds is 6. The van der Waals surface area contributed by atoms with Crippen LogP contribution in [-0.2, 0) is 12.8 Å². The van der Waals surface area contributed by atoms with Crippen LogP contribution in [0, 0.1) is 0 Å². The van der Waals surface area contributed by atoms with Crippen molar-refractivity contribution in [1.82, 2.24) is 5.32 Å². The molecule has 20 heavy (non-hydrogen) atoms. The Morgan fingerprint density at radius 2 is 2.20 bits per heavy atom. The Morgan fingerprint density at radius 1 is 1.40 bits per heavy atom. The molecule has 1 aromatic rings. The van der Waals surface area contributed by atoms with E-state index in [0.29, 0.717) is 13.0 Å². The first kappa shape index (κ1) is 14.8. The van der Waals surface area contributed by atoms with Gasteiger partial charge in [0, 0.05) is 17.8 Å². The summed E-state index contributed by atoms with van der Waals surface area (Å²) < 4.78 is 0. The van der Waals surface area contributed by atoms with Crippen molar-refractivity contribution in [3.8, 4) is 0 Å². The number of amides is 1. The molecular formula is C14H21N3O2S. The molecule has 1 aromatic heterocycles. The van der Waals surface area contributed by atoms with E-state index in [1.807, 2.05) is 6.07 Å². The van der Waals surface area contributed by atoms with Gasteiger partial charge >= 0.3 is 0 Å². The topological polar surface area (TPSA) is 87.7 Å². The largest absolute Gasteiger partial charge is 0.409 e. The summed E-state index contributed by atoms with van der Waals surface area (Å²) in [7, 11) is 0. The number of fused-ring (bicyclic) bond motifs is 1. The van der Waals surface area contributed by atoms with Gasteiger partial charge in [-0.2, -0.15) is 0 Å². The lowest BCUT2D eigenvalue weighted by Gasteiger charge is -2.08. The highest BCUT2D eigenvalue weighted by Crippen LogP contribution is 2.29. The number of unbranched alkanes of at least 4 members (excludes halogenated alkanes) is 1. The third-order valence-electron chi connectivity index (χ3n) is 3.49. The zero-order chi connectivity index (χ0) is 14.4. The van der Waals surface area contributed by atoms with Crippen LogP contribution in [0.4, 0.5) is 0 Å². The minimum absolute atomic E-state index is 0.0215. The van der Waals surface area contributed by atoms with Crippen LogP contribution in [-0.4, -0.2) is 23.5 Å². The second-order valence-electron chi connectivity index (χ2n) is 5.07. The predicted octanol–water partition coefficient (Wildman–Crippen LogP) is 2.27.